The molecule has 6 heteroatoms. The molecule has 1 aromatic heterocycles. The van der Waals surface area contributed by atoms with E-state index >= 15 is 0 Å². The van der Waals surface area contributed by atoms with Crippen molar-refractivity contribution in [2.24, 2.45) is 5.92 Å². The third-order valence-corrected chi connectivity index (χ3v) is 4.86. The van der Waals surface area contributed by atoms with Gasteiger partial charge in [-0.15, -0.1) is 11.3 Å². The lowest BCUT2D eigenvalue weighted by molar-refractivity contribution is -0.120. The largest absolute Gasteiger partial charge is 0.378 e. The van der Waals surface area contributed by atoms with Crippen molar-refractivity contribution < 1.29 is 4.79 Å². The number of amides is 1. The molecule has 0 unspecified atom stereocenters. The quantitative estimate of drug-likeness (QED) is 0.905. The number of piperidine rings is 1. The van der Waals surface area contributed by atoms with Gasteiger partial charge in [0.05, 0.1) is 5.69 Å². The summed E-state index contributed by atoms with van der Waals surface area (Å²) >= 11 is 1.48. The summed E-state index contributed by atoms with van der Waals surface area (Å²) in [6, 6.07) is 8.24. The number of hydrogen-bond acceptors (Lipinski definition) is 5. The van der Waals surface area contributed by atoms with E-state index in [-0.39, 0.29) is 11.8 Å². The molecule has 0 spiro atoms. The van der Waals surface area contributed by atoms with E-state index in [9.17, 15) is 4.79 Å². The van der Waals surface area contributed by atoms with Crippen LogP contribution in [0.15, 0.2) is 29.6 Å². The van der Waals surface area contributed by atoms with E-state index < -0.39 is 0 Å². The van der Waals surface area contributed by atoms with Gasteiger partial charge in [0.1, 0.15) is 0 Å². The van der Waals surface area contributed by atoms with Gasteiger partial charge in [-0.25, -0.2) is 4.98 Å². The summed E-state index contributed by atoms with van der Waals surface area (Å²) in [7, 11) is 4.04. The molecule has 5 nitrogen and oxygen atoms in total. The lowest BCUT2D eigenvalue weighted by Crippen LogP contribution is -2.34. The maximum Gasteiger partial charge on any atom is 0.229 e. The Morgan fingerprint density at radius 2 is 2.13 bits per heavy atom. The fourth-order valence-electron chi connectivity index (χ4n) is 2.70. The molecule has 0 aliphatic carbocycles. The van der Waals surface area contributed by atoms with Crippen LogP contribution in [0, 0.1) is 5.92 Å². The van der Waals surface area contributed by atoms with Crippen molar-refractivity contribution in [2.75, 3.05) is 37.4 Å². The van der Waals surface area contributed by atoms with Crippen LogP contribution in [0.3, 0.4) is 0 Å². The van der Waals surface area contributed by atoms with E-state index in [4.69, 9.17) is 0 Å². The van der Waals surface area contributed by atoms with Crippen LogP contribution in [0.1, 0.15) is 12.8 Å². The fourth-order valence-corrected chi connectivity index (χ4v) is 3.42. The van der Waals surface area contributed by atoms with Crippen LogP contribution in [0.5, 0.6) is 0 Å². The van der Waals surface area contributed by atoms with Crippen LogP contribution in [-0.2, 0) is 4.79 Å². The SMILES string of the molecule is CN(C)c1cccc(-c2csc(NC(=O)C3CCNCC3)n2)c1. The minimum atomic E-state index is 0.0921. The minimum absolute atomic E-state index is 0.0921. The second-order valence-corrected chi connectivity index (χ2v) is 6.85. The van der Waals surface area contributed by atoms with Crippen LogP contribution in [0.2, 0.25) is 0 Å². The number of anilines is 2. The first-order chi connectivity index (χ1) is 11.1. The van der Waals surface area contributed by atoms with E-state index in [0.29, 0.717) is 5.13 Å². The van der Waals surface area contributed by atoms with Crippen molar-refractivity contribution in [1.29, 1.82) is 0 Å². The van der Waals surface area contributed by atoms with Gasteiger partial charge in [-0.2, -0.15) is 0 Å². The molecule has 1 saturated heterocycles. The van der Waals surface area contributed by atoms with Gasteiger partial charge in [-0.1, -0.05) is 12.1 Å². The van der Waals surface area contributed by atoms with Crippen LogP contribution in [0.4, 0.5) is 10.8 Å². The Balaban J connectivity index is 1.70. The minimum Gasteiger partial charge on any atom is -0.378 e. The number of nitrogens with one attached hydrogen (secondary N) is 2. The Labute approximate surface area is 140 Å². The number of carbonyl (C=O) groups is 1. The van der Waals surface area contributed by atoms with Gasteiger partial charge in [-0.05, 0) is 38.1 Å². The Hall–Kier alpha value is -1.92. The lowest BCUT2D eigenvalue weighted by Gasteiger charge is -2.21. The highest BCUT2D eigenvalue weighted by molar-refractivity contribution is 7.14. The second kappa shape index (κ2) is 7.10. The third-order valence-electron chi connectivity index (χ3n) is 4.10. The molecular weight excluding hydrogens is 308 g/mol. The number of rotatable bonds is 4. The van der Waals surface area contributed by atoms with E-state index in [0.717, 1.165) is 42.9 Å². The predicted octanol–water partition coefficient (Wildman–Crippen LogP) is 2.81. The van der Waals surface area contributed by atoms with E-state index in [1.54, 1.807) is 0 Å². The Morgan fingerprint density at radius 1 is 1.35 bits per heavy atom. The second-order valence-electron chi connectivity index (χ2n) is 6.00. The maximum absolute atomic E-state index is 12.3. The smallest absolute Gasteiger partial charge is 0.229 e. The molecule has 2 aromatic rings. The molecule has 1 aliphatic rings. The van der Waals surface area contributed by atoms with Crippen molar-refractivity contribution in [3.05, 3.63) is 29.6 Å². The molecule has 0 radical (unpaired) electrons. The maximum atomic E-state index is 12.3. The van der Waals surface area contributed by atoms with Gasteiger partial charge in [0.15, 0.2) is 5.13 Å². The zero-order chi connectivity index (χ0) is 16.2. The number of hydrogen-bond donors (Lipinski definition) is 2. The first kappa shape index (κ1) is 16.0. The van der Waals surface area contributed by atoms with Crippen molar-refractivity contribution in [2.45, 2.75) is 12.8 Å². The molecule has 23 heavy (non-hydrogen) atoms. The highest BCUT2D eigenvalue weighted by Gasteiger charge is 2.21. The molecule has 122 valence electrons. The van der Waals surface area contributed by atoms with E-state index in [1.165, 1.54) is 11.3 Å². The first-order valence-corrected chi connectivity index (χ1v) is 8.76. The van der Waals surface area contributed by atoms with Gasteiger partial charge in [-0.3, -0.25) is 4.79 Å². The lowest BCUT2D eigenvalue weighted by atomic mass is 9.97. The molecule has 0 bridgehead atoms. The van der Waals surface area contributed by atoms with Crippen LogP contribution in [0.25, 0.3) is 11.3 Å². The van der Waals surface area contributed by atoms with Crippen molar-refractivity contribution in [3.8, 4) is 11.3 Å². The van der Waals surface area contributed by atoms with Gasteiger partial charge < -0.3 is 15.5 Å². The van der Waals surface area contributed by atoms with Crippen LogP contribution in [-0.4, -0.2) is 38.1 Å². The summed E-state index contributed by atoms with van der Waals surface area (Å²) in [4.78, 5) is 18.9. The molecular formula is C17H22N4OS. The number of nitrogens with zero attached hydrogens (tertiary/aromatic N) is 2. The summed E-state index contributed by atoms with van der Waals surface area (Å²) < 4.78 is 0. The predicted molar refractivity (Wildman–Crippen MR) is 96.1 cm³/mol. The standard InChI is InChI=1S/C17H22N4OS/c1-21(2)14-5-3-4-13(10-14)15-11-23-17(19-15)20-16(22)12-6-8-18-9-7-12/h3-5,10-12,18H,6-9H2,1-2H3,(H,19,20,22). The summed E-state index contributed by atoms with van der Waals surface area (Å²) in [6.07, 6.45) is 1.80. The van der Waals surface area contributed by atoms with Crippen LogP contribution >= 0.6 is 11.3 Å². The van der Waals surface area contributed by atoms with E-state index in [1.807, 2.05) is 31.6 Å². The van der Waals surface area contributed by atoms with Gasteiger partial charge in [0.2, 0.25) is 5.91 Å². The average Bonchev–Trinajstić information content (AvgIpc) is 3.04. The molecule has 1 fully saturated rings. The zero-order valence-corrected chi connectivity index (χ0v) is 14.3. The highest BCUT2D eigenvalue weighted by Crippen LogP contribution is 2.28. The molecule has 1 aliphatic heterocycles. The molecule has 3 rings (SSSR count). The first-order valence-electron chi connectivity index (χ1n) is 7.88. The topological polar surface area (TPSA) is 57.3 Å². The number of benzene rings is 1. The third kappa shape index (κ3) is 3.89. The summed E-state index contributed by atoms with van der Waals surface area (Å²) in [6.45, 7) is 1.83. The Kier molecular flexibility index (Phi) is 4.93. The monoisotopic (exact) mass is 330 g/mol. The summed E-state index contributed by atoms with van der Waals surface area (Å²) in [5.74, 6) is 0.190. The van der Waals surface area contributed by atoms with Crippen molar-refractivity contribution in [3.63, 3.8) is 0 Å². The zero-order valence-electron chi connectivity index (χ0n) is 13.5. The van der Waals surface area contributed by atoms with Crippen LogP contribution < -0.4 is 15.5 Å². The summed E-state index contributed by atoms with van der Waals surface area (Å²) in [5, 5.41) is 8.92. The van der Waals surface area contributed by atoms with Gasteiger partial charge in [0.25, 0.3) is 0 Å². The number of aromatic nitrogens is 1. The number of carbonyl (C=O) groups excluding carboxylic acids is 1. The Morgan fingerprint density at radius 3 is 2.87 bits per heavy atom. The van der Waals surface area contributed by atoms with Crippen molar-refractivity contribution >= 4 is 28.1 Å². The molecule has 0 saturated carbocycles. The normalized spacial score (nSPS) is 15.4. The summed E-state index contributed by atoms with van der Waals surface area (Å²) in [5.41, 5.74) is 3.10. The molecule has 0 atom stereocenters. The molecule has 2 heterocycles. The van der Waals surface area contributed by atoms with E-state index in [2.05, 4.69) is 32.7 Å². The molecule has 1 aromatic carbocycles. The molecule has 2 N–H and O–H groups in total. The van der Waals surface area contributed by atoms with Gasteiger partial charge >= 0.3 is 0 Å². The van der Waals surface area contributed by atoms with Gasteiger partial charge in [0, 0.05) is 36.6 Å². The molecule has 1 amide bonds. The highest BCUT2D eigenvalue weighted by atomic mass is 32.1. The number of thiazole rings is 1. The van der Waals surface area contributed by atoms with Crippen molar-refractivity contribution in [1.82, 2.24) is 10.3 Å². The average molecular weight is 330 g/mol. The fraction of sp³-hybridized carbons (Fsp3) is 0.412. The Bertz CT molecular complexity index is 677.